The van der Waals surface area contributed by atoms with Gasteiger partial charge in [0.25, 0.3) is 5.91 Å². The van der Waals surface area contributed by atoms with E-state index in [4.69, 9.17) is 0 Å². The molecule has 1 aliphatic heterocycles. The third-order valence-electron chi connectivity index (χ3n) is 4.97. The predicted octanol–water partition coefficient (Wildman–Crippen LogP) is 0.834. The molecule has 8 heteroatoms. The zero-order valence-corrected chi connectivity index (χ0v) is 15.2. The van der Waals surface area contributed by atoms with E-state index >= 15 is 0 Å². The lowest BCUT2D eigenvalue weighted by atomic mass is 10.2. The van der Waals surface area contributed by atoms with Crippen molar-refractivity contribution in [2.45, 2.75) is 39.3 Å². The largest absolute Gasteiger partial charge is 0.350 e. The van der Waals surface area contributed by atoms with Crippen molar-refractivity contribution in [1.29, 1.82) is 0 Å². The van der Waals surface area contributed by atoms with Crippen LogP contribution in [0.4, 0.5) is 0 Å². The van der Waals surface area contributed by atoms with E-state index in [1.54, 1.807) is 6.92 Å². The Morgan fingerprint density at radius 1 is 1.38 bits per heavy atom. The van der Waals surface area contributed by atoms with Crippen molar-refractivity contribution in [2.24, 2.45) is 5.92 Å². The summed E-state index contributed by atoms with van der Waals surface area (Å²) in [4.78, 5) is 18.8. The highest BCUT2D eigenvalue weighted by atomic mass is 32.2. The average molecular weight is 354 g/mol. The number of carbonyl (C=O) groups is 1. The van der Waals surface area contributed by atoms with Crippen LogP contribution in [0.3, 0.4) is 0 Å². The van der Waals surface area contributed by atoms with Crippen molar-refractivity contribution in [2.75, 3.05) is 31.1 Å². The summed E-state index contributed by atoms with van der Waals surface area (Å²) in [6.45, 7) is 6.43. The highest BCUT2D eigenvalue weighted by Gasteiger charge is 2.29. The number of aromatic nitrogens is 2. The van der Waals surface area contributed by atoms with Crippen LogP contribution in [0.5, 0.6) is 0 Å². The minimum absolute atomic E-state index is 0.00999. The summed E-state index contributed by atoms with van der Waals surface area (Å²) in [6.07, 6.45) is 4.22. The Balaban J connectivity index is 1.64. The number of sulfone groups is 1. The summed E-state index contributed by atoms with van der Waals surface area (Å²) in [5.74, 6) is 1.71. The Bertz CT molecular complexity index is 709. The number of rotatable bonds is 7. The molecule has 1 aromatic heterocycles. The van der Waals surface area contributed by atoms with Crippen LogP contribution in [0.25, 0.3) is 0 Å². The molecule has 1 fully saturated rings. The highest BCUT2D eigenvalue weighted by Crippen LogP contribution is 2.28. The summed E-state index contributed by atoms with van der Waals surface area (Å²) >= 11 is 0. The first-order valence-electron chi connectivity index (χ1n) is 8.69. The fourth-order valence-electron chi connectivity index (χ4n) is 3.00. The molecule has 2 aliphatic rings. The molecular weight excluding hydrogens is 328 g/mol. The standard InChI is InChI=1S/C16H26N4O3S/c1-3-24(22,23)9-8-19-6-7-20-11-14(18-15(20)12(19)2)16(21)17-10-13-4-5-13/h11-13H,3-10H2,1-2H3,(H,17,21). The normalized spacial score (nSPS) is 21.5. The highest BCUT2D eigenvalue weighted by molar-refractivity contribution is 7.91. The van der Waals surface area contributed by atoms with Crippen LogP contribution in [0.15, 0.2) is 6.20 Å². The first-order valence-corrected chi connectivity index (χ1v) is 10.5. The maximum absolute atomic E-state index is 12.2. The SMILES string of the molecule is CCS(=O)(=O)CCN1CCn2cc(C(=O)NCC3CC3)nc2C1C. The van der Waals surface area contributed by atoms with Gasteiger partial charge in [-0.3, -0.25) is 9.69 Å². The molecule has 24 heavy (non-hydrogen) atoms. The maximum Gasteiger partial charge on any atom is 0.271 e. The minimum Gasteiger partial charge on any atom is -0.350 e. The Hall–Kier alpha value is -1.41. The van der Waals surface area contributed by atoms with E-state index in [2.05, 4.69) is 15.2 Å². The van der Waals surface area contributed by atoms with Gasteiger partial charge in [-0.2, -0.15) is 0 Å². The smallest absolute Gasteiger partial charge is 0.271 e. The second-order valence-corrected chi connectivity index (χ2v) is 9.25. The van der Waals surface area contributed by atoms with Gasteiger partial charge in [0.05, 0.1) is 11.8 Å². The van der Waals surface area contributed by atoms with Crippen LogP contribution < -0.4 is 5.32 Å². The van der Waals surface area contributed by atoms with Gasteiger partial charge in [-0.25, -0.2) is 13.4 Å². The van der Waals surface area contributed by atoms with Gasteiger partial charge in [0.2, 0.25) is 0 Å². The van der Waals surface area contributed by atoms with Crippen molar-refractivity contribution in [3.05, 3.63) is 17.7 Å². The van der Waals surface area contributed by atoms with Gasteiger partial charge in [0.1, 0.15) is 11.5 Å². The number of nitrogens with one attached hydrogen (secondary N) is 1. The monoisotopic (exact) mass is 354 g/mol. The number of carbonyl (C=O) groups excluding carboxylic acids is 1. The summed E-state index contributed by atoms with van der Waals surface area (Å²) in [7, 11) is -2.97. The van der Waals surface area contributed by atoms with Crippen LogP contribution >= 0.6 is 0 Å². The molecule has 2 heterocycles. The fourth-order valence-corrected chi connectivity index (χ4v) is 3.80. The Morgan fingerprint density at radius 3 is 2.79 bits per heavy atom. The molecule has 1 aliphatic carbocycles. The average Bonchev–Trinajstić information content (AvgIpc) is 3.28. The molecule has 1 unspecified atom stereocenters. The van der Waals surface area contributed by atoms with Gasteiger partial charge in [-0.1, -0.05) is 6.92 Å². The van der Waals surface area contributed by atoms with E-state index in [9.17, 15) is 13.2 Å². The van der Waals surface area contributed by atoms with Gasteiger partial charge in [0.15, 0.2) is 9.84 Å². The van der Waals surface area contributed by atoms with Crippen molar-refractivity contribution in [1.82, 2.24) is 19.8 Å². The Kier molecular flexibility index (Phi) is 4.96. The molecule has 7 nitrogen and oxygen atoms in total. The molecule has 0 saturated heterocycles. The molecule has 1 saturated carbocycles. The molecule has 1 N–H and O–H groups in total. The zero-order valence-electron chi connectivity index (χ0n) is 14.4. The first-order chi connectivity index (χ1) is 11.4. The molecular formula is C16H26N4O3S. The summed E-state index contributed by atoms with van der Waals surface area (Å²) < 4.78 is 25.5. The summed E-state index contributed by atoms with van der Waals surface area (Å²) in [6, 6.07) is 0.00999. The fraction of sp³-hybridized carbons (Fsp3) is 0.750. The van der Waals surface area contributed by atoms with Crippen molar-refractivity contribution in [3.63, 3.8) is 0 Å². The van der Waals surface area contributed by atoms with Gasteiger partial charge >= 0.3 is 0 Å². The maximum atomic E-state index is 12.2. The van der Waals surface area contributed by atoms with Gasteiger partial charge in [0, 0.05) is 38.1 Å². The van der Waals surface area contributed by atoms with Crippen molar-refractivity contribution < 1.29 is 13.2 Å². The number of fused-ring (bicyclic) bond motifs is 1. The lowest BCUT2D eigenvalue weighted by molar-refractivity contribution is 0.0947. The number of imidazole rings is 1. The van der Waals surface area contributed by atoms with E-state index < -0.39 is 9.84 Å². The minimum atomic E-state index is -2.97. The molecule has 0 radical (unpaired) electrons. The molecule has 1 atom stereocenters. The molecule has 1 aromatic rings. The van der Waals surface area contributed by atoms with Crippen LogP contribution in [0, 0.1) is 5.92 Å². The Labute approximate surface area is 143 Å². The number of amides is 1. The van der Waals surface area contributed by atoms with E-state index in [-0.39, 0.29) is 23.5 Å². The number of hydrogen-bond donors (Lipinski definition) is 1. The van der Waals surface area contributed by atoms with Crippen LogP contribution in [0.1, 0.15) is 49.0 Å². The van der Waals surface area contributed by atoms with Gasteiger partial charge < -0.3 is 9.88 Å². The predicted molar refractivity (Wildman–Crippen MR) is 91.6 cm³/mol. The molecule has 0 bridgehead atoms. The van der Waals surface area contributed by atoms with Crippen molar-refractivity contribution >= 4 is 15.7 Å². The lowest BCUT2D eigenvalue weighted by Crippen LogP contribution is -2.39. The van der Waals surface area contributed by atoms with E-state index in [1.165, 1.54) is 12.8 Å². The Morgan fingerprint density at radius 2 is 2.12 bits per heavy atom. The van der Waals surface area contributed by atoms with Crippen LogP contribution in [0.2, 0.25) is 0 Å². The second kappa shape index (κ2) is 6.84. The molecule has 0 spiro atoms. The topological polar surface area (TPSA) is 84.3 Å². The van der Waals surface area contributed by atoms with E-state index in [0.29, 0.717) is 18.2 Å². The quantitative estimate of drug-likeness (QED) is 0.784. The third-order valence-corrected chi connectivity index (χ3v) is 6.65. The zero-order chi connectivity index (χ0) is 17.3. The van der Waals surface area contributed by atoms with Crippen LogP contribution in [-0.4, -0.2) is 59.9 Å². The lowest BCUT2D eigenvalue weighted by Gasteiger charge is -2.33. The van der Waals surface area contributed by atoms with Crippen LogP contribution in [-0.2, 0) is 16.4 Å². The molecule has 1 amide bonds. The number of hydrogen-bond acceptors (Lipinski definition) is 5. The summed E-state index contributed by atoms with van der Waals surface area (Å²) in [5.41, 5.74) is 0.459. The first kappa shape index (κ1) is 17.4. The molecule has 0 aromatic carbocycles. The molecule has 134 valence electrons. The second-order valence-electron chi connectivity index (χ2n) is 6.78. The summed E-state index contributed by atoms with van der Waals surface area (Å²) in [5, 5.41) is 2.94. The number of nitrogens with zero attached hydrogens (tertiary/aromatic N) is 3. The molecule has 3 rings (SSSR count). The van der Waals surface area contributed by atoms with Gasteiger partial charge in [-0.05, 0) is 25.7 Å². The van der Waals surface area contributed by atoms with E-state index in [1.807, 2.05) is 17.7 Å². The van der Waals surface area contributed by atoms with E-state index in [0.717, 1.165) is 25.5 Å². The third kappa shape index (κ3) is 3.97. The van der Waals surface area contributed by atoms with Gasteiger partial charge in [-0.15, -0.1) is 0 Å². The van der Waals surface area contributed by atoms with Crippen molar-refractivity contribution in [3.8, 4) is 0 Å².